The van der Waals surface area contributed by atoms with E-state index in [1.54, 1.807) is 0 Å². The number of halogens is 1. The zero-order valence-electron chi connectivity index (χ0n) is 13.9. The summed E-state index contributed by atoms with van der Waals surface area (Å²) in [6, 6.07) is 6.50. The summed E-state index contributed by atoms with van der Waals surface area (Å²) >= 11 is 3.37. The van der Waals surface area contributed by atoms with E-state index in [0.29, 0.717) is 5.92 Å². The van der Waals surface area contributed by atoms with Gasteiger partial charge >= 0.3 is 6.03 Å². The maximum atomic E-state index is 12.2. The topological polar surface area (TPSA) is 84.2 Å². The molecule has 1 aromatic rings. The Morgan fingerprint density at radius 2 is 1.70 bits per heavy atom. The number of hydrogen-bond acceptors (Lipinski definition) is 2. The molecule has 0 unspecified atom stereocenters. The number of nitrogens with two attached hydrogens (primary N) is 1. The molecule has 0 aromatic heterocycles. The van der Waals surface area contributed by atoms with Crippen LogP contribution in [0.2, 0.25) is 0 Å². The van der Waals surface area contributed by atoms with Gasteiger partial charge in [0.2, 0.25) is 5.91 Å². The lowest BCUT2D eigenvalue weighted by molar-refractivity contribution is -0.122. The molecule has 1 aromatic carbocycles. The van der Waals surface area contributed by atoms with Gasteiger partial charge in [-0.25, -0.2) is 4.79 Å². The van der Waals surface area contributed by atoms with Crippen LogP contribution in [0.25, 0.3) is 0 Å². The number of benzene rings is 1. The van der Waals surface area contributed by atoms with Crippen molar-refractivity contribution in [1.82, 2.24) is 10.6 Å². The summed E-state index contributed by atoms with van der Waals surface area (Å²) in [7, 11) is 0. The van der Waals surface area contributed by atoms with Crippen LogP contribution in [0.3, 0.4) is 0 Å². The lowest BCUT2D eigenvalue weighted by Crippen LogP contribution is -2.39. The summed E-state index contributed by atoms with van der Waals surface area (Å²) in [4.78, 5) is 23.4. The molecule has 1 rings (SSSR count). The lowest BCUT2D eigenvalue weighted by Gasteiger charge is -2.20. The number of primary amides is 1. The van der Waals surface area contributed by atoms with Gasteiger partial charge < -0.3 is 16.4 Å². The molecule has 0 radical (unpaired) electrons. The van der Waals surface area contributed by atoms with E-state index in [2.05, 4.69) is 40.4 Å². The van der Waals surface area contributed by atoms with E-state index in [9.17, 15) is 9.59 Å². The first-order valence-electron chi connectivity index (χ1n) is 7.88. The monoisotopic (exact) mass is 383 g/mol. The largest absolute Gasteiger partial charge is 0.354 e. The van der Waals surface area contributed by atoms with Gasteiger partial charge in [0.15, 0.2) is 0 Å². The minimum atomic E-state index is -0.640. The number of amides is 3. The molecule has 4 N–H and O–H groups in total. The number of carbonyl (C=O) groups is 2. The predicted molar refractivity (Wildman–Crippen MR) is 95.9 cm³/mol. The van der Waals surface area contributed by atoms with Gasteiger partial charge in [-0.2, -0.15) is 0 Å². The maximum Gasteiger partial charge on any atom is 0.312 e. The van der Waals surface area contributed by atoms with Gasteiger partial charge in [0, 0.05) is 10.5 Å². The third-order valence-corrected chi connectivity index (χ3v) is 4.09. The van der Waals surface area contributed by atoms with Gasteiger partial charge in [-0.1, -0.05) is 41.9 Å². The van der Waals surface area contributed by atoms with E-state index >= 15 is 0 Å². The molecule has 0 bridgehead atoms. The highest BCUT2D eigenvalue weighted by molar-refractivity contribution is 9.10. The molecule has 0 fully saturated rings. The molecule has 0 aliphatic carbocycles. The molecule has 2 atom stereocenters. The van der Waals surface area contributed by atoms with Gasteiger partial charge in [-0.3, -0.25) is 4.79 Å². The second-order valence-corrected chi connectivity index (χ2v) is 7.17. The number of nitrogens with one attached hydrogen (secondary N) is 2. The molecule has 0 saturated carbocycles. The summed E-state index contributed by atoms with van der Waals surface area (Å²) in [6.07, 6.45) is 2.17. The fourth-order valence-corrected chi connectivity index (χ4v) is 2.56. The molecule has 0 spiro atoms. The Morgan fingerprint density at radius 1 is 1.09 bits per heavy atom. The van der Waals surface area contributed by atoms with E-state index in [-0.39, 0.29) is 18.4 Å². The molecule has 3 amide bonds. The first kappa shape index (κ1) is 19.5. The number of urea groups is 1. The quantitative estimate of drug-likeness (QED) is 0.641. The van der Waals surface area contributed by atoms with Crippen LogP contribution in [0.15, 0.2) is 28.7 Å². The molecular formula is C17H26BrN3O2. The molecule has 0 aliphatic rings. The van der Waals surface area contributed by atoms with Crippen molar-refractivity contribution < 1.29 is 9.59 Å². The molecule has 128 valence electrons. The van der Waals surface area contributed by atoms with Crippen molar-refractivity contribution in [1.29, 1.82) is 0 Å². The third kappa shape index (κ3) is 8.02. The smallest absolute Gasteiger partial charge is 0.312 e. The predicted octanol–water partition coefficient (Wildman–Crippen LogP) is 3.49. The molecule has 0 heterocycles. The highest BCUT2D eigenvalue weighted by Gasteiger charge is 2.18. The first-order chi connectivity index (χ1) is 10.8. The fourth-order valence-electron chi connectivity index (χ4n) is 2.29. The van der Waals surface area contributed by atoms with E-state index in [1.807, 2.05) is 31.2 Å². The normalized spacial score (nSPS) is 13.4. The Hall–Kier alpha value is -1.56. The summed E-state index contributed by atoms with van der Waals surface area (Å²) in [6.45, 7) is 6.32. The highest BCUT2D eigenvalue weighted by atomic mass is 79.9. The number of carbonyl (C=O) groups excluding carboxylic acids is 2. The van der Waals surface area contributed by atoms with E-state index in [1.165, 1.54) is 0 Å². The van der Waals surface area contributed by atoms with Gasteiger partial charge in [0.1, 0.15) is 0 Å². The molecule has 0 aliphatic heterocycles. The SMILES string of the molecule is CC(C)CC[C@H](C)NC(=O)C[C@H](NC(N)=O)c1ccc(Br)cc1. The van der Waals surface area contributed by atoms with E-state index < -0.39 is 12.1 Å². The standard InChI is InChI=1S/C17H26BrN3O2/c1-11(2)4-5-12(3)20-16(22)10-15(21-17(19)23)13-6-8-14(18)9-7-13/h6-9,11-12,15H,4-5,10H2,1-3H3,(H,20,22)(H3,19,21,23)/t12-,15-/m0/s1. The molecule has 0 saturated heterocycles. The Bertz CT molecular complexity index is 517. The van der Waals surface area contributed by atoms with Gasteiger partial charge in [0.25, 0.3) is 0 Å². The van der Waals surface area contributed by atoms with Crippen molar-refractivity contribution in [3.05, 3.63) is 34.3 Å². The number of rotatable bonds is 8. The van der Waals surface area contributed by atoms with E-state index in [0.717, 1.165) is 22.9 Å². The molecule has 6 heteroatoms. The van der Waals surface area contributed by atoms with Crippen LogP contribution in [0.1, 0.15) is 51.6 Å². The molecular weight excluding hydrogens is 358 g/mol. The first-order valence-corrected chi connectivity index (χ1v) is 8.68. The van der Waals surface area contributed by atoms with Crippen molar-refractivity contribution in [2.75, 3.05) is 0 Å². The summed E-state index contributed by atoms with van der Waals surface area (Å²) < 4.78 is 0.936. The highest BCUT2D eigenvalue weighted by Crippen LogP contribution is 2.20. The zero-order chi connectivity index (χ0) is 17.4. The molecule has 23 heavy (non-hydrogen) atoms. The Morgan fingerprint density at radius 3 is 2.22 bits per heavy atom. The van der Waals surface area contributed by atoms with Crippen LogP contribution in [0, 0.1) is 5.92 Å². The Balaban J connectivity index is 2.64. The fraction of sp³-hybridized carbons (Fsp3) is 0.529. The van der Waals surface area contributed by atoms with Gasteiger partial charge in [-0.05, 0) is 43.4 Å². The summed E-state index contributed by atoms with van der Waals surface area (Å²) in [5, 5.41) is 5.61. The summed E-state index contributed by atoms with van der Waals surface area (Å²) in [5.74, 6) is 0.518. The Labute approximate surface area is 146 Å². The van der Waals surface area contributed by atoms with Crippen LogP contribution in [-0.2, 0) is 4.79 Å². The maximum absolute atomic E-state index is 12.2. The van der Waals surface area contributed by atoms with Crippen molar-refractivity contribution in [2.24, 2.45) is 11.7 Å². The van der Waals surface area contributed by atoms with Gasteiger partial charge in [0.05, 0.1) is 12.5 Å². The van der Waals surface area contributed by atoms with Crippen LogP contribution in [0.5, 0.6) is 0 Å². The second kappa shape index (κ2) is 9.55. The lowest BCUT2D eigenvalue weighted by atomic mass is 10.0. The van der Waals surface area contributed by atoms with Crippen molar-refractivity contribution in [2.45, 2.75) is 52.1 Å². The van der Waals surface area contributed by atoms with Crippen LogP contribution in [0.4, 0.5) is 4.79 Å². The average molecular weight is 384 g/mol. The minimum absolute atomic E-state index is 0.0945. The third-order valence-electron chi connectivity index (χ3n) is 3.56. The second-order valence-electron chi connectivity index (χ2n) is 6.26. The van der Waals surface area contributed by atoms with Crippen molar-refractivity contribution in [3.8, 4) is 0 Å². The van der Waals surface area contributed by atoms with Crippen molar-refractivity contribution in [3.63, 3.8) is 0 Å². The molecule has 5 nitrogen and oxygen atoms in total. The minimum Gasteiger partial charge on any atom is -0.354 e. The zero-order valence-corrected chi connectivity index (χ0v) is 15.5. The summed E-state index contributed by atoms with van der Waals surface area (Å²) in [5.41, 5.74) is 6.07. The van der Waals surface area contributed by atoms with Crippen molar-refractivity contribution >= 4 is 27.9 Å². The Kier molecular flexibility index (Phi) is 8.09. The van der Waals surface area contributed by atoms with E-state index in [4.69, 9.17) is 5.73 Å². The van der Waals surface area contributed by atoms with Crippen LogP contribution >= 0.6 is 15.9 Å². The van der Waals surface area contributed by atoms with Gasteiger partial charge in [-0.15, -0.1) is 0 Å². The van der Waals surface area contributed by atoms with Crippen LogP contribution in [-0.4, -0.2) is 18.0 Å². The average Bonchev–Trinajstić information content (AvgIpc) is 2.44. The van der Waals surface area contributed by atoms with Crippen LogP contribution < -0.4 is 16.4 Å². The number of hydrogen-bond donors (Lipinski definition) is 3.